The number of aromatic nitrogens is 2. The zero-order chi connectivity index (χ0) is 14.1. The highest BCUT2D eigenvalue weighted by atomic mass is 16.5. The van der Waals surface area contributed by atoms with E-state index in [0.29, 0.717) is 24.5 Å². The maximum atomic E-state index is 11.3. The second kappa shape index (κ2) is 4.96. The Balaban J connectivity index is 2.13. The first-order valence-corrected chi connectivity index (χ1v) is 6.49. The number of benzene rings is 1. The van der Waals surface area contributed by atoms with Crippen LogP contribution in [0.1, 0.15) is 12.8 Å². The molecule has 6 nitrogen and oxygen atoms in total. The summed E-state index contributed by atoms with van der Waals surface area (Å²) < 4.78 is 5.22. The minimum atomic E-state index is -0.808. The molecule has 6 heteroatoms. The lowest BCUT2D eigenvalue weighted by Crippen LogP contribution is -2.36. The topological polar surface area (TPSA) is 75.6 Å². The van der Waals surface area contributed by atoms with Crippen LogP contribution in [0.25, 0.3) is 10.9 Å². The lowest BCUT2D eigenvalue weighted by atomic mass is 10.2. The second-order valence-electron chi connectivity index (χ2n) is 4.77. The smallest absolute Gasteiger partial charge is 0.326 e. The molecule has 1 unspecified atom stereocenters. The molecule has 0 amide bonds. The van der Waals surface area contributed by atoms with Gasteiger partial charge in [0.1, 0.15) is 23.9 Å². The van der Waals surface area contributed by atoms with Crippen LogP contribution in [0, 0.1) is 0 Å². The van der Waals surface area contributed by atoms with E-state index < -0.39 is 12.0 Å². The highest BCUT2D eigenvalue weighted by Crippen LogP contribution is 2.31. The molecule has 1 aromatic carbocycles. The van der Waals surface area contributed by atoms with Gasteiger partial charge >= 0.3 is 5.97 Å². The monoisotopic (exact) mass is 273 g/mol. The van der Waals surface area contributed by atoms with Gasteiger partial charge in [0.15, 0.2) is 0 Å². The van der Waals surface area contributed by atoms with Crippen LogP contribution in [0.3, 0.4) is 0 Å². The van der Waals surface area contributed by atoms with E-state index >= 15 is 0 Å². The minimum absolute atomic E-state index is 0.515. The van der Waals surface area contributed by atoms with E-state index in [1.165, 1.54) is 6.33 Å². The van der Waals surface area contributed by atoms with Crippen LogP contribution in [0.5, 0.6) is 5.75 Å². The molecule has 1 saturated heterocycles. The zero-order valence-corrected chi connectivity index (χ0v) is 11.1. The maximum absolute atomic E-state index is 11.3. The first-order chi connectivity index (χ1) is 9.70. The maximum Gasteiger partial charge on any atom is 0.326 e. The Morgan fingerprint density at radius 2 is 2.30 bits per heavy atom. The zero-order valence-electron chi connectivity index (χ0n) is 11.1. The Hall–Kier alpha value is -2.37. The van der Waals surface area contributed by atoms with E-state index in [4.69, 9.17) is 4.74 Å². The van der Waals surface area contributed by atoms with Gasteiger partial charge in [0, 0.05) is 11.9 Å². The van der Waals surface area contributed by atoms with Crippen LogP contribution in [-0.2, 0) is 4.79 Å². The number of carboxylic acid groups (broad SMARTS) is 1. The summed E-state index contributed by atoms with van der Waals surface area (Å²) in [4.78, 5) is 21.7. The van der Waals surface area contributed by atoms with Gasteiger partial charge in [0.25, 0.3) is 0 Å². The number of aliphatic carboxylic acids is 1. The highest BCUT2D eigenvalue weighted by molar-refractivity contribution is 5.92. The van der Waals surface area contributed by atoms with Crippen molar-refractivity contribution in [2.24, 2.45) is 0 Å². The van der Waals surface area contributed by atoms with Crippen LogP contribution in [0.2, 0.25) is 0 Å². The van der Waals surface area contributed by atoms with Crippen molar-refractivity contribution in [2.45, 2.75) is 18.9 Å². The van der Waals surface area contributed by atoms with E-state index in [1.807, 2.05) is 23.1 Å². The molecule has 1 aliphatic heterocycles. The van der Waals surface area contributed by atoms with Gasteiger partial charge in [-0.05, 0) is 31.0 Å². The lowest BCUT2D eigenvalue weighted by molar-refractivity contribution is -0.138. The molecule has 1 aromatic heterocycles. The molecular weight excluding hydrogens is 258 g/mol. The molecule has 1 fully saturated rings. The average molecular weight is 273 g/mol. The second-order valence-corrected chi connectivity index (χ2v) is 4.77. The molecule has 0 bridgehead atoms. The van der Waals surface area contributed by atoms with Crippen LogP contribution in [-0.4, -0.2) is 40.7 Å². The number of fused-ring (bicyclic) bond motifs is 1. The van der Waals surface area contributed by atoms with Gasteiger partial charge in [-0.3, -0.25) is 0 Å². The van der Waals surface area contributed by atoms with Crippen molar-refractivity contribution >= 4 is 22.7 Å². The van der Waals surface area contributed by atoms with Crippen molar-refractivity contribution in [3.8, 4) is 5.75 Å². The van der Waals surface area contributed by atoms with Crippen LogP contribution >= 0.6 is 0 Å². The summed E-state index contributed by atoms with van der Waals surface area (Å²) in [6.45, 7) is 0.695. The number of methoxy groups -OCH3 is 1. The fourth-order valence-corrected chi connectivity index (χ4v) is 2.65. The molecule has 1 atom stereocenters. The normalized spacial score (nSPS) is 18.4. The van der Waals surface area contributed by atoms with E-state index in [1.54, 1.807) is 7.11 Å². The summed E-state index contributed by atoms with van der Waals surface area (Å²) in [7, 11) is 1.60. The molecule has 0 radical (unpaired) electrons. The van der Waals surface area contributed by atoms with Gasteiger partial charge < -0.3 is 14.7 Å². The van der Waals surface area contributed by atoms with Crippen LogP contribution in [0.15, 0.2) is 24.5 Å². The summed E-state index contributed by atoms with van der Waals surface area (Å²) in [5.74, 6) is 0.565. The van der Waals surface area contributed by atoms with E-state index in [0.717, 1.165) is 17.3 Å². The molecular formula is C14H15N3O3. The van der Waals surface area contributed by atoms with Gasteiger partial charge in [-0.2, -0.15) is 0 Å². The van der Waals surface area contributed by atoms with Crippen molar-refractivity contribution in [2.75, 3.05) is 18.6 Å². The minimum Gasteiger partial charge on any atom is -0.497 e. The summed E-state index contributed by atoms with van der Waals surface area (Å²) in [6, 6.07) is 5.02. The van der Waals surface area contributed by atoms with Crippen molar-refractivity contribution in [1.82, 2.24) is 9.97 Å². The third-order valence-electron chi connectivity index (χ3n) is 3.63. The highest BCUT2D eigenvalue weighted by Gasteiger charge is 2.32. The lowest BCUT2D eigenvalue weighted by Gasteiger charge is -2.23. The Bertz CT molecular complexity index is 659. The summed E-state index contributed by atoms with van der Waals surface area (Å²) in [5, 5.41) is 10.1. The molecule has 2 heterocycles. The number of ether oxygens (including phenoxy) is 1. The van der Waals surface area contributed by atoms with Gasteiger partial charge in [-0.15, -0.1) is 0 Å². The predicted molar refractivity (Wildman–Crippen MR) is 74.1 cm³/mol. The number of carboxylic acids is 1. The van der Waals surface area contributed by atoms with Gasteiger partial charge in [0.05, 0.1) is 12.6 Å². The molecule has 1 aliphatic rings. The van der Waals surface area contributed by atoms with E-state index in [9.17, 15) is 9.90 Å². The van der Waals surface area contributed by atoms with E-state index in [2.05, 4.69) is 9.97 Å². The number of anilines is 1. The first kappa shape index (κ1) is 12.7. The third kappa shape index (κ3) is 2.03. The first-order valence-electron chi connectivity index (χ1n) is 6.49. The molecule has 0 saturated carbocycles. The molecule has 104 valence electrons. The Kier molecular flexibility index (Phi) is 3.14. The van der Waals surface area contributed by atoms with Gasteiger partial charge in [-0.1, -0.05) is 0 Å². The number of nitrogens with zero attached hydrogens (tertiary/aromatic N) is 3. The largest absolute Gasteiger partial charge is 0.497 e. The fourth-order valence-electron chi connectivity index (χ4n) is 2.65. The van der Waals surface area contributed by atoms with Gasteiger partial charge in [0.2, 0.25) is 0 Å². The van der Waals surface area contributed by atoms with Crippen molar-refractivity contribution in [3.05, 3.63) is 24.5 Å². The predicted octanol–water partition coefficient (Wildman–Crippen LogP) is 1.69. The van der Waals surface area contributed by atoms with Crippen molar-refractivity contribution in [3.63, 3.8) is 0 Å². The van der Waals surface area contributed by atoms with Crippen molar-refractivity contribution in [1.29, 1.82) is 0 Å². The van der Waals surface area contributed by atoms with Crippen LogP contribution in [0.4, 0.5) is 5.82 Å². The molecule has 20 heavy (non-hydrogen) atoms. The molecule has 0 spiro atoms. The van der Waals surface area contributed by atoms with Crippen molar-refractivity contribution < 1.29 is 14.6 Å². The number of hydrogen-bond donors (Lipinski definition) is 1. The SMILES string of the molecule is COc1ccc2ncnc(N3CCCC3C(=O)O)c2c1. The summed E-state index contributed by atoms with van der Waals surface area (Å²) in [5.41, 5.74) is 0.784. The molecule has 2 aromatic rings. The molecule has 3 rings (SSSR count). The quantitative estimate of drug-likeness (QED) is 0.917. The third-order valence-corrected chi connectivity index (χ3v) is 3.63. The fraction of sp³-hybridized carbons (Fsp3) is 0.357. The average Bonchev–Trinajstić information content (AvgIpc) is 2.95. The molecule has 1 N–H and O–H groups in total. The Morgan fingerprint density at radius 1 is 1.45 bits per heavy atom. The number of hydrogen-bond acceptors (Lipinski definition) is 5. The Labute approximate surface area is 116 Å². The molecule has 0 aliphatic carbocycles. The standard InChI is InChI=1S/C14H15N3O3/c1-20-9-4-5-11-10(7-9)13(16-8-15-11)17-6-2-3-12(17)14(18)19/h4-5,7-8,12H,2-3,6H2,1H3,(H,18,19). The summed E-state index contributed by atoms with van der Waals surface area (Å²) >= 11 is 0. The number of carbonyl (C=O) groups is 1. The van der Waals surface area contributed by atoms with E-state index in [-0.39, 0.29) is 0 Å². The Morgan fingerprint density at radius 3 is 3.05 bits per heavy atom. The van der Waals surface area contributed by atoms with Crippen LogP contribution < -0.4 is 9.64 Å². The number of rotatable bonds is 3. The summed E-state index contributed by atoms with van der Waals surface area (Å²) in [6.07, 6.45) is 2.97. The van der Waals surface area contributed by atoms with Gasteiger partial charge in [-0.25, -0.2) is 14.8 Å².